The first-order valence-corrected chi connectivity index (χ1v) is 8.14. The summed E-state index contributed by atoms with van der Waals surface area (Å²) in [5.41, 5.74) is 2.28. The van der Waals surface area contributed by atoms with E-state index in [1.807, 2.05) is 19.1 Å². The molecule has 24 heavy (non-hydrogen) atoms. The second kappa shape index (κ2) is 7.18. The van der Waals surface area contributed by atoms with Gasteiger partial charge >= 0.3 is 0 Å². The predicted octanol–water partition coefficient (Wildman–Crippen LogP) is 2.85. The Kier molecular flexibility index (Phi) is 4.81. The molecule has 7 heteroatoms. The van der Waals surface area contributed by atoms with Crippen LogP contribution in [0.2, 0.25) is 0 Å². The molecule has 0 spiro atoms. The van der Waals surface area contributed by atoms with Gasteiger partial charge in [-0.05, 0) is 31.2 Å². The first-order chi connectivity index (χ1) is 11.7. The van der Waals surface area contributed by atoms with E-state index in [1.54, 1.807) is 42.1 Å². The number of pyridine rings is 2. The van der Waals surface area contributed by atoms with Crippen LogP contribution in [-0.2, 0) is 6.54 Å². The SMILES string of the molecule is COc1ncccc1C(=O)NCc1sc(-c2cccnc2)nc1C. The largest absolute Gasteiger partial charge is 0.480 e. The van der Waals surface area contributed by atoms with E-state index in [1.165, 1.54) is 7.11 Å². The van der Waals surface area contributed by atoms with Gasteiger partial charge in [-0.25, -0.2) is 9.97 Å². The monoisotopic (exact) mass is 340 g/mol. The summed E-state index contributed by atoms with van der Waals surface area (Å²) in [5.74, 6) is 0.0859. The van der Waals surface area contributed by atoms with Crippen LogP contribution in [0.5, 0.6) is 5.88 Å². The Balaban J connectivity index is 1.73. The molecular formula is C17H16N4O2S. The Morgan fingerprint density at radius 1 is 1.29 bits per heavy atom. The molecule has 0 bridgehead atoms. The summed E-state index contributed by atoms with van der Waals surface area (Å²) < 4.78 is 5.12. The van der Waals surface area contributed by atoms with E-state index in [-0.39, 0.29) is 5.91 Å². The van der Waals surface area contributed by atoms with Gasteiger partial charge in [-0.15, -0.1) is 11.3 Å². The second-order valence-electron chi connectivity index (χ2n) is 5.01. The van der Waals surface area contributed by atoms with Crippen LogP contribution >= 0.6 is 11.3 Å². The van der Waals surface area contributed by atoms with Gasteiger partial charge in [-0.1, -0.05) is 0 Å². The summed E-state index contributed by atoms with van der Waals surface area (Å²) in [7, 11) is 1.49. The van der Waals surface area contributed by atoms with E-state index in [2.05, 4.69) is 20.3 Å². The Morgan fingerprint density at radius 3 is 2.88 bits per heavy atom. The highest BCUT2D eigenvalue weighted by Gasteiger charge is 2.14. The number of hydrogen-bond acceptors (Lipinski definition) is 6. The standard InChI is InChI=1S/C17H16N4O2S/c1-11-14(24-17(21-11)12-5-3-7-18-9-12)10-20-15(22)13-6-4-8-19-16(13)23-2/h3-9H,10H2,1-2H3,(H,20,22). The number of aryl methyl sites for hydroxylation is 1. The fourth-order valence-electron chi connectivity index (χ4n) is 2.19. The number of nitrogens with one attached hydrogen (secondary N) is 1. The minimum atomic E-state index is -0.226. The smallest absolute Gasteiger partial charge is 0.257 e. The number of thiazole rings is 1. The van der Waals surface area contributed by atoms with Gasteiger partial charge in [0.05, 0.1) is 19.3 Å². The van der Waals surface area contributed by atoms with Gasteiger partial charge in [0.15, 0.2) is 0 Å². The molecule has 1 N–H and O–H groups in total. The lowest BCUT2D eigenvalue weighted by molar-refractivity contribution is 0.0947. The molecule has 6 nitrogen and oxygen atoms in total. The first-order valence-electron chi connectivity index (χ1n) is 7.33. The zero-order valence-corrected chi connectivity index (χ0v) is 14.1. The topological polar surface area (TPSA) is 77.0 Å². The van der Waals surface area contributed by atoms with Gasteiger partial charge in [-0.3, -0.25) is 9.78 Å². The van der Waals surface area contributed by atoms with E-state index in [0.29, 0.717) is 18.0 Å². The molecule has 3 heterocycles. The lowest BCUT2D eigenvalue weighted by Crippen LogP contribution is -2.23. The van der Waals surface area contributed by atoms with Crippen molar-refractivity contribution in [1.82, 2.24) is 20.3 Å². The van der Waals surface area contributed by atoms with Gasteiger partial charge in [0.25, 0.3) is 5.91 Å². The molecule has 1 amide bonds. The Hall–Kier alpha value is -2.80. The maximum atomic E-state index is 12.3. The maximum Gasteiger partial charge on any atom is 0.257 e. The minimum Gasteiger partial charge on any atom is -0.480 e. The third kappa shape index (κ3) is 3.41. The van der Waals surface area contributed by atoms with Crippen molar-refractivity contribution in [2.45, 2.75) is 13.5 Å². The Bertz CT molecular complexity index is 849. The highest BCUT2D eigenvalue weighted by molar-refractivity contribution is 7.15. The van der Waals surface area contributed by atoms with Crippen LogP contribution in [-0.4, -0.2) is 28.0 Å². The summed E-state index contributed by atoms with van der Waals surface area (Å²) in [6.07, 6.45) is 5.09. The summed E-state index contributed by atoms with van der Waals surface area (Å²) in [6, 6.07) is 7.23. The highest BCUT2D eigenvalue weighted by Crippen LogP contribution is 2.27. The van der Waals surface area contributed by atoms with Gasteiger partial charge in [-0.2, -0.15) is 0 Å². The highest BCUT2D eigenvalue weighted by atomic mass is 32.1. The number of carbonyl (C=O) groups excluding carboxylic acids is 1. The maximum absolute atomic E-state index is 12.3. The second-order valence-corrected chi connectivity index (χ2v) is 6.10. The minimum absolute atomic E-state index is 0.226. The van der Waals surface area contributed by atoms with Crippen LogP contribution in [0.4, 0.5) is 0 Å². The molecule has 0 fully saturated rings. The third-order valence-corrected chi connectivity index (χ3v) is 4.63. The molecule has 122 valence electrons. The molecule has 0 aliphatic rings. The van der Waals surface area contributed by atoms with Crippen LogP contribution in [0, 0.1) is 6.92 Å². The first kappa shape index (κ1) is 16.1. The quantitative estimate of drug-likeness (QED) is 0.773. The summed E-state index contributed by atoms with van der Waals surface area (Å²) in [5, 5.41) is 3.78. The normalized spacial score (nSPS) is 10.4. The van der Waals surface area contributed by atoms with Crippen molar-refractivity contribution in [2.24, 2.45) is 0 Å². The Morgan fingerprint density at radius 2 is 2.12 bits per heavy atom. The van der Waals surface area contributed by atoms with Crippen LogP contribution in [0.1, 0.15) is 20.9 Å². The molecule has 0 aliphatic heterocycles. The van der Waals surface area contributed by atoms with Crippen molar-refractivity contribution in [3.63, 3.8) is 0 Å². The van der Waals surface area contributed by atoms with Crippen LogP contribution < -0.4 is 10.1 Å². The number of hydrogen-bond donors (Lipinski definition) is 1. The average Bonchev–Trinajstić information content (AvgIpc) is 3.01. The Labute approximate surface area is 143 Å². The fraction of sp³-hybridized carbons (Fsp3) is 0.176. The molecule has 3 aromatic rings. The fourth-order valence-corrected chi connectivity index (χ4v) is 3.18. The van der Waals surface area contributed by atoms with Crippen molar-refractivity contribution < 1.29 is 9.53 Å². The summed E-state index contributed by atoms with van der Waals surface area (Å²) in [4.78, 5) is 26.0. The van der Waals surface area contributed by atoms with E-state index < -0.39 is 0 Å². The summed E-state index contributed by atoms with van der Waals surface area (Å²) in [6.45, 7) is 2.34. The molecule has 0 unspecified atom stereocenters. The molecule has 0 aliphatic carbocycles. The van der Waals surface area contributed by atoms with Crippen LogP contribution in [0.25, 0.3) is 10.6 Å². The molecule has 0 saturated carbocycles. The van der Waals surface area contributed by atoms with Crippen molar-refractivity contribution >= 4 is 17.2 Å². The predicted molar refractivity (Wildman–Crippen MR) is 92.0 cm³/mol. The lowest BCUT2D eigenvalue weighted by atomic mass is 10.2. The number of methoxy groups -OCH3 is 1. The van der Waals surface area contributed by atoms with Gasteiger partial charge in [0.2, 0.25) is 5.88 Å². The zero-order chi connectivity index (χ0) is 16.9. The summed E-state index contributed by atoms with van der Waals surface area (Å²) >= 11 is 1.55. The van der Waals surface area contributed by atoms with Crippen molar-refractivity contribution in [3.05, 3.63) is 59.0 Å². The number of aromatic nitrogens is 3. The van der Waals surface area contributed by atoms with E-state index in [9.17, 15) is 4.79 Å². The molecule has 3 rings (SSSR count). The van der Waals surface area contributed by atoms with Gasteiger partial charge < -0.3 is 10.1 Å². The molecular weight excluding hydrogens is 324 g/mol. The molecule has 0 atom stereocenters. The lowest BCUT2D eigenvalue weighted by Gasteiger charge is -2.07. The van der Waals surface area contributed by atoms with E-state index in [0.717, 1.165) is 21.1 Å². The molecule has 0 radical (unpaired) electrons. The van der Waals surface area contributed by atoms with E-state index >= 15 is 0 Å². The van der Waals surface area contributed by atoms with Crippen LogP contribution in [0.3, 0.4) is 0 Å². The average molecular weight is 340 g/mol. The van der Waals surface area contributed by atoms with E-state index in [4.69, 9.17) is 4.74 Å². The number of nitrogens with zero attached hydrogens (tertiary/aromatic N) is 3. The van der Waals surface area contributed by atoms with Gasteiger partial charge in [0, 0.05) is 29.0 Å². The molecule has 3 aromatic heterocycles. The number of ether oxygens (including phenoxy) is 1. The van der Waals surface area contributed by atoms with Crippen molar-refractivity contribution in [2.75, 3.05) is 7.11 Å². The number of rotatable bonds is 5. The zero-order valence-electron chi connectivity index (χ0n) is 13.3. The number of carbonyl (C=O) groups is 1. The number of amides is 1. The van der Waals surface area contributed by atoms with Crippen molar-refractivity contribution in [1.29, 1.82) is 0 Å². The third-order valence-electron chi connectivity index (χ3n) is 3.42. The molecule has 0 saturated heterocycles. The molecule has 0 aromatic carbocycles. The van der Waals surface area contributed by atoms with Crippen molar-refractivity contribution in [3.8, 4) is 16.5 Å². The van der Waals surface area contributed by atoms with Gasteiger partial charge in [0.1, 0.15) is 10.6 Å². The van der Waals surface area contributed by atoms with Crippen LogP contribution in [0.15, 0.2) is 42.9 Å².